The average Bonchev–Trinajstić information content (AvgIpc) is 2.47. The van der Waals surface area contributed by atoms with Crippen molar-refractivity contribution in [1.82, 2.24) is 15.2 Å². The number of hydrogen-bond acceptors (Lipinski definition) is 5. The van der Waals surface area contributed by atoms with E-state index in [0.29, 0.717) is 5.95 Å². The zero-order valence-corrected chi connectivity index (χ0v) is 13.0. The first-order valence-electron chi connectivity index (χ1n) is 7.51. The van der Waals surface area contributed by atoms with Crippen LogP contribution >= 0.6 is 0 Å². The second-order valence-corrected chi connectivity index (χ2v) is 5.12. The minimum Gasteiger partial charge on any atom is -0.355 e. The van der Waals surface area contributed by atoms with Crippen molar-refractivity contribution in [3.63, 3.8) is 0 Å². The first-order valence-corrected chi connectivity index (χ1v) is 7.51. The van der Waals surface area contributed by atoms with Crippen LogP contribution in [0, 0.1) is 6.92 Å². The summed E-state index contributed by atoms with van der Waals surface area (Å²) in [6, 6.07) is 8.13. The predicted octanol–water partition coefficient (Wildman–Crippen LogP) is 3.55. The van der Waals surface area contributed by atoms with Crippen LogP contribution in [0.5, 0.6) is 0 Å². The van der Waals surface area contributed by atoms with Crippen molar-refractivity contribution in [1.29, 1.82) is 0 Å². The van der Waals surface area contributed by atoms with E-state index >= 15 is 0 Å². The number of aryl methyl sites for hydroxylation is 1. The Bertz CT molecular complexity index is 564. The molecule has 0 spiro atoms. The van der Waals surface area contributed by atoms with E-state index in [4.69, 9.17) is 0 Å². The average molecular weight is 285 g/mol. The number of rotatable bonds is 7. The van der Waals surface area contributed by atoms with Gasteiger partial charge in [-0.3, -0.25) is 0 Å². The van der Waals surface area contributed by atoms with Crippen LogP contribution in [0.3, 0.4) is 0 Å². The maximum absolute atomic E-state index is 4.58. The molecule has 1 heterocycles. The van der Waals surface area contributed by atoms with E-state index in [2.05, 4.69) is 58.3 Å². The van der Waals surface area contributed by atoms with E-state index in [9.17, 15) is 0 Å². The molecule has 1 aromatic heterocycles. The summed E-state index contributed by atoms with van der Waals surface area (Å²) in [5.41, 5.74) is 2.18. The van der Waals surface area contributed by atoms with Gasteiger partial charge < -0.3 is 10.2 Å². The highest BCUT2D eigenvalue weighted by atomic mass is 15.3. The fraction of sp³-hybridized carbons (Fsp3) is 0.438. The molecule has 21 heavy (non-hydrogen) atoms. The summed E-state index contributed by atoms with van der Waals surface area (Å²) in [5, 5.41) is 11.4. The van der Waals surface area contributed by atoms with Crippen molar-refractivity contribution in [3.8, 4) is 0 Å². The van der Waals surface area contributed by atoms with Crippen molar-refractivity contribution in [2.45, 2.75) is 33.6 Å². The summed E-state index contributed by atoms with van der Waals surface area (Å²) in [6.07, 6.45) is 3.90. The van der Waals surface area contributed by atoms with Crippen molar-refractivity contribution in [2.24, 2.45) is 0 Å². The molecule has 1 N–H and O–H groups in total. The lowest BCUT2D eigenvalue weighted by Crippen LogP contribution is -2.26. The van der Waals surface area contributed by atoms with Gasteiger partial charge in [0.05, 0.1) is 6.20 Å². The molecule has 0 aliphatic rings. The summed E-state index contributed by atoms with van der Waals surface area (Å²) in [6.45, 7) is 8.37. The van der Waals surface area contributed by atoms with Crippen molar-refractivity contribution in [2.75, 3.05) is 23.3 Å². The predicted molar refractivity (Wildman–Crippen MR) is 87.1 cm³/mol. The minimum absolute atomic E-state index is 0.537. The van der Waals surface area contributed by atoms with Gasteiger partial charge in [-0.2, -0.15) is 10.1 Å². The Hall–Kier alpha value is -2.17. The highest BCUT2D eigenvalue weighted by Crippen LogP contribution is 2.16. The monoisotopic (exact) mass is 285 g/mol. The molecule has 0 saturated carbocycles. The largest absolute Gasteiger partial charge is 0.355 e. The third kappa shape index (κ3) is 4.41. The van der Waals surface area contributed by atoms with Crippen molar-refractivity contribution >= 4 is 17.5 Å². The summed E-state index contributed by atoms with van der Waals surface area (Å²) in [5.74, 6) is 1.42. The van der Waals surface area contributed by atoms with Crippen LogP contribution in [0.15, 0.2) is 30.5 Å². The van der Waals surface area contributed by atoms with Gasteiger partial charge in [-0.15, -0.1) is 5.10 Å². The molecule has 2 aromatic rings. The van der Waals surface area contributed by atoms with E-state index in [0.717, 1.165) is 37.4 Å². The van der Waals surface area contributed by atoms with Crippen LogP contribution in [0.4, 0.5) is 17.5 Å². The molecule has 1 aromatic carbocycles. The van der Waals surface area contributed by atoms with Crippen LogP contribution in [0.25, 0.3) is 0 Å². The minimum atomic E-state index is 0.537. The molecule has 0 unspecified atom stereocenters. The van der Waals surface area contributed by atoms with Crippen LogP contribution in [0.2, 0.25) is 0 Å². The van der Waals surface area contributed by atoms with Gasteiger partial charge >= 0.3 is 0 Å². The lowest BCUT2D eigenvalue weighted by molar-refractivity contribution is 0.728. The molecular weight excluding hydrogens is 262 g/mol. The number of nitrogens with one attached hydrogen (secondary N) is 1. The van der Waals surface area contributed by atoms with E-state index in [1.807, 2.05) is 12.1 Å². The molecule has 112 valence electrons. The highest BCUT2D eigenvalue weighted by Gasteiger charge is 2.08. The van der Waals surface area contributed by atoms with Gasteiger partial charge in [0, 0.05) is 18.8 Å². The number of hydrogen-bond donors (Lipinski definition) is 1. The van der Waals surface area contributed by atoms with Crippen LogP contribution in [-0.4, -0.2) is 28.3 Å². The van der Waals surface area contributed by atoms with Crippen LogP contribution < -0.4 is 10.2 Å². The summed E-state index contributed by atoms with van der Waals surface area (Å²) in [7, 11) is 0. The van der Waals surface area contributed by atoms with Crippen LogP contribution in [0.1, 0.15) is 32.3 Å². The molecule has 0 aliphatic carbocycles. The standard InChI is InChI=1S/C16H23N5/c1-4-9-21(10-5-2)15-12-17-20-16(19-15)18-14-8-6-7-13(3)11-14/h6-8,11-12H,4-5,9-10H2,1-3H3,(H,18,19,20). The molecular formula is C16H23N5. The Kier molecular flexibility index (Phi) is 5.49. The lowest BCUT2D eigenvalue weighted by atomic mass is 10.2. The Balaban J connectivity index is 2.16. The molecule has 0 bridgehead atoms. The molecule has 5 nitrogen and oxygen atoms in total. The zero-order chi connectivity index (χ0) is 15.1. The SMILES string of the molecule is CCCN(CCC)c1cnnc(Nc2cccc(C)c2)n1. The number of anilines is 3. The van der Waals surface area contributed by atoms with Gasteiger partial charge in [0.15, 0.2) is 5.82 Å². The van der Waals surface area contributed by atoms with Gasteiger partial charge in [-0.25, -0.2) is 0 Å². The third-order valence-electron chi connectivity index (χ3n) is 3.13. The van der Waals surface area contributed by atoms with E-state index in [-0.39, 0.29) is 0 Å². The molecule has 0 aliphatic heterocycles. The van der Waals surface area contributed by atoms with Crippen molar-refractivity contribution in [3.05, 3.63) is 36.0 Å². The molecule has 2 rings (SSSR count). The molecule has 0 saturated heterocycles. The topological polar surface area (TPSA) is 53.9 Å². The summed E-state index contributed by atoms with van der Waals surface area (Å²) in [4.78, 5) is 6.82. The Morgan fingerprint density at radius 2 is 1.90 bits per heavy atom. The maximum atomic E-state index is 4.58. The number of nitrogens with zero attached hydrogens (tertiary/aromatic N) is 4. The Morgan fingerprint density at radius 1 is 1.14 bits per heavy atom. The van der Waals surface area contributed by atoms with Gasteiger partial charge in [-0.1, -0.05) is 26.0 Å². The van der Waals surface area contributed by atoms with Gasteiger partial charge in [0.2, 0.25) is 5.95 Å². The van der Waals surface area contributed by atoms with Crippen LogP contribution in [-0.2, 0) is 0 Å². The Morgan fingerprint density at radius 3 is 2.57 bits per heavy atom. The first kappa shape index (κ1) is 15.2. The first-order chi connectivity index (χ1) is 10.2. The van der Waals surface area contributed by atoms with Crippen molar-refractivity contribution < 1.29 is 0 Å². The zero-order valence-electron chi connectivity index (χ0n) is 13.0. The lowest BCUT2D eigenvalue weighted by Gasteiger charge is -2.22. The quantitative estimate of drug-likeness (QED) is 0.843. The highest BCUT2D eigenvalue weighted by molar-refractivity contribution is 5.55. The molecule has 0 radical (unpaired) electrons. The summed E-state index contributed by atoms with van der Waals surface area (Å²) >= 11 is 0. The normalized spacial score (nSPS) is 10.4. The van der Waals surface area contributed by atoms with E-state index in [1.165, 1.54) is 5.56 Å². The van der Waals surface area contributed by atoms with E-state index in [1.54, 1.807) is 6.20 Å². The fourth-order valence-electron chi connectivity index (χ4n) is 2.23. The van der Waals surface area contributed by atoms with Gasteiger partial charge in [0.1, 0.15) is 0 Å². The third-order valence-corrected chi connectivity index (χ3v) is 3.13. The fourth-order valence-corrected chi connectivity index (χ4v) is 2.23. The molecule has 5 heteroatoms. The smallest absolute Gasteiger partial charge is 0.249 e. The maximum Gasteiger partial charge on any atom is 0.249 e. The summed E-state index contributed by atoms with van der Waals surface area (Å²) < 4.78 is 0. The second kappa shape index (κ2) is 7.57. The number of benzene rings is 1. The molecule has 0 amide bonds. The number of aromatic nitrogens is 3. The molecule has 0 atom stereocenters. The Labute approximate surface area is 126 Å². The van der Waals surface area contributed by atoms with Gasteiger partial charge in [0.25, 0.3) is 0 Å². The molecule has 0 fully saturated rings. The van der Waals surface area contributed by atoms with E-state index < -0.39 is 0 Å². The van der Waals surface area contributed by atoms with Gasteiger partial charge in [-0.05, 0) is 37.5 Å². The second-order valence-electron chi connectivity index (χ2n) is 5.12.